The molecule has 14 aromatic rings. The van der Waals surface area contributed by atoms with Crippen LogP contribution >= 0.6 is 0 Å². The number of carbonyl (C=O) groups excluding carboxylic acids is 4. The number of methoxy groups -OCH3 is 4. The maximum absolute atomic E-state index is 13.6. The Hall–Kier alpha value is -14.0. The van der Waals surface area contributed by atoms with E-state index in [2.05, 4.69) is 145 Å². The number of carbonyl (C=O) groups is 4. The highest BCUT2D eigenvalue weighted by molar-refractivity contribution is 6.12. The summed E-state index contributed by atoms with van der Waals surface area (Å²) >= 11 is 0. The number of ether oxygens (including phenoxy) is 6. The van der Waals surface area contributed by atoms with Crippen LogP contribution in [0.15, 0.2) is 171 Å². The molecule has 29 heteroatoms. The van der Waals surface area contributed by atoms with Gasteiger partial charge in [-0.05, 0) is 198 Å². The van der Waals surface area contributed by atoms with E-state index >= 15 is 0 Å². The number of pyridine rings is 5. The molecule has 18 rings (SSSR count). The Morgan fingerprint density at radius 3 is 1.40 bits per heavy atom. The molecule has 136 heavy (non-hydrogen) atoms. The SMILES string of the molecule is CCC(C)n1c(C)c(C(=O)NCc2c(OC)cc(C)[nH]c2=O)c2ccc(-c3ccc(N4CCNCC4)nc3)cc21.COc1cc(C)[nH]c(=O)c1CNC(=O)c1c(C)n(-c2cccc3c2CCCC3)c2ccccc12.COc1cc(C)[nH]c(=O)c1CNC(=O)c1c(C)n(C(C)C2COCCO2)c2ccccc12.COc1cc(C)[nH]c(=O)c1CNC(=O)c1c(C)n(C2CCCCC2)c2ccccc12. The highest BCUT2D eigenvalue weighted by Crippen LogP contribution is 2.40. The number of piperazine rings is 1. The summed E-state index contributed by atoms with van der Waals surface area (Å²) in [7, 11) is 6.09. The van der Waals surface area contributed by atoms with Crippen LogP contribution in [0.5, 0.6) is 23.0 Å². The first-order chi connectivity index (χ1) is 65.7. The van der Waals surface area contributed by atoms with Crippen LogP contribution < -0.4 is 72.7 Å². The number of aromatic nitrogens is 9. The standard InChI is InChI=1S/C31H38N6O3.C28H29N3O3.C24H29N3O5.C24H29N3O3/c1-6-20(3)37-21(4)29(31(39)34-18-25-27(40-5)15-19(2)35-30(25)38)24-9-7-22(16-26(24)37)23-8-10-28(33-17-23)36-13-11-32-12-14-36;1-17-15-25(34-3)22(27(32)30-17)16-29-28(33)26-18(2)31(24-13-7-6-12-21(24)26)23-14-8-10-19-9-4-5-11-20(19)23;1-14-11-20(30-4)18(23(28)26-14)12-25-24(29)22-16(3)27(19-8-6-5-7-17(19)22)15(2)21-13-31-9-10-32-21;1-15-13-21(30-3)19(23(28)26-15)14-25-24(29)22-16(2)27(17-9-5-4-6-10-17)20-12-8-7-11-18(20)22/h7-10,15-17,20,32H,6,11-14,18H2,1-5H3,(H,34,39)(H,35,38);6-8,10,12-15H,4-5,9,11,16H2,1-3H3,(H,29,33)(H,30,32);5-8,11,15,21H,9-10,12-13H2,1-4H3,(H,25,29)(H,26,28);7-8,11-13,17H,4-6,9-10,14H2,1-3H3,(H,25,29)(H,26,28). The number of hydrogen-bond acceptors (Lipinski definition) is 17. The highest BCUT2D eigenvalue weighted by Gasteiger charge is 2.33. The van der Waals surface area contributed by atoms with E-state index in [0.717, 1.165) is 153 Å². The van der Waals surface area contributed by atoms with Gasteiger partial charge in [0.25, 0.3) is 45.9 Å². The monoisotopic (exact) mass is 1840 g/mol. The Kier molecular flexibility index (Phi) is 30.6. The van der Waals surface area contributed by atoms with Gasteiger partial charge in [-0.3, -0.25) is 38.4 Å². The van der Waals surface area contributed by atoms with Crippen molar-refractivity contribution in [2.75, 3.05) is 79.3 Å². The van der Waals surface area contributed by atoms with Gasteiger partial charge >= 0.3 is 0 Å². The molecule has 0 radical (unpaired) electrons. The van der Waals surface area contributed by atoms with Crippen LogP contribution in [-0.4, -0.2) is 147 Å². The van der Waals surface area contributed by atoms with Crippen LogP contribution in [0.25, 0.3) is 60.4 Å². The van der Waals surface area contributed by atoms with E-state index in [9.17, 15) is 38.4 Å². The van der Waals surface area contributed by atoms with E-state index in [1.165, 1.54) is 71.7 Å². The summed E-state index contributed by atoms with van der Waals surface area (Å²) in [6, 6.07) is 48.5. The molecular formula is C107H125N15O14. The number of amides is 4. The number of nitrogens with one attached hydrogen (secondary N) is 9. The molecule has 2 aliphatic carbocycles. The first-order valence-corrected chi connectivity index (χ1v) is 47.1. The molecule has 3 atom stereocenters. The zero-order chi connectivity index (χ0) is 96.3. The fraction of sp³-hybridized carbons (Fsp3) is 0.374. The third-order valence-electron chi connectivity index (χ3n) is 27.0. The molecule has 1 saturated carbocycles. The van der Waals surface area contributed by atoms with Crippen molar-refractivity contribution in [1.29, 1.82) is 0 Å². The lowest BCUT2D eigenvalue weighted by Gasteiger charge is -2.30. The maximum atomic E-state index is 13.6. The highest BCUT2D eigenvalue weighted by atomic mass is 16.6. The Balaban J connectivity index is 0.000000139. The van der Waals surface area contributed by atoms with E-state index in [0.29, 0.717) is 110 Å². The number of fused-ring (bicyclic) bond motifs is 5. The second-order valence-corrected chi connectivity index (χ2v) is 35.7. The Bertz CT molecular complexity index is 7030. The summed E-state index contributed by atoms with van der Waals surface area (Å²) in [5.74, 6) is 2.02. The van der Waals surface area contributed by atoms with E-state index in [1.807, 2.05) is 101 Å². The average Bonchev–Trinajstić information content (AvgIpc) is 1.64. The quantitative estimate of drug-likeness (QED) is 0.0271. The number of benzene rings is 5. The second-order valence-electron chi connectivity index (χ2n) is 35.7. The van der Waals surface area contributed by atoms with Crippen LogP contribution in [0.3, 0.4) is 0 Å². The van der Waals surface area contributed by atoms with Gasteiger partial charge in [0, 0.05) is 139 Å². The normalized spacial score (nSPS) is 14.8. The topological polar surface area (TPSA) is 351 Å². The van der Waals surface area contributed by atoms with Crippen molar-refractivity contribution in [3.05, 3.63) is 294 Å². The summed E-state index contributed by atoms with van der Waals surface area (Å²) in [5.41, 5.74) is 19.7. The van der Waals surface area contributed by atoms with Crippen LogP contribution in [0.4, 0.5) is 5.82 Å². The Morgan fingerprint density at radius 2 is 0.912 bits per heavy atom. The molecule has 712 valence electrons. The third-order valence-corrected chi connectivity index (χ3v) is 27.0. The summed E-state index contributed by atoms with van der Waals surface area (Å²) in [6.45, 7) is 27.4. The van der Waals surface area contributed by atoms with Crippen molar-refractivity contribution in [1.82, 2.24) is 69.8 Å². The molecule has 4 aliphatic rings. The molecule has 2 saturated heterocycles. The Labute approximate surface area is 790 Å². The smallest absolute Gasteiger partial charge is 0.256 e. The van der Waals surface area contributed by atoms with Crippen molar-refractivity contribution < 1.29 is 47.6 Å². The predicted molar refractivity (Wildman–Crippen MR) is 533 cm³/mol. The second kappa shape index (κ2) is 43.1. The summed E-state index contributed by atoms with van der Waals surface area (Å²) in [6.07, 6.45) is 13.4. The summed E-state index contributed by atoms with van der Waals surface area (Å²) < 4.78 is 41.9. The van der Waals surface area contributed by atoms with Gasteiger partial charge in [0.05, 0.1) is 131 Å². The fourth-order valence-corrected chi connectivity index (χ4v) is 20.0. The minimum Gasteiger partial charge on any atom is -0.496 e. The first-order valence-electron chi connectivity index (χ1n) is 47.1. The zero-order valence-corrected chi connectivity index (χ0v) is 80.5. The lowest BCUT2D eigenvalue weighted by atomic mass is 9.90. The average molecular weight is 1850 g/mol. The van der Waals surface area contributed by atoms with Gasteiger partial charge in [0.2, 0.25) is 0 Å². The summed E-state index contributed by atoms with van der Waals surface area (Å²) in [4.78, 5) is 122. The number of H-pyrrole nitrogens is 4. The number of rotatable bonds is 24. The van der Waals surface area contributed by atoms with Crippen molar-refractivity contribution >= 4 is 73.1 Å². The minimum absolute atomic E-state index is 0.0122. The van der Waals surface area contributed by atoms with Crippen molar-refractivity contribution in [3.63, 3.8) is 0 Å². The number of para-hydroxylation sites is 3. The van der Waals surface area contributed by atoms with E-state index < -0.39 is 0 Å². The van der Waals surface area contributed by atoms with E-state index in [1.54, 1.807) is 52.0 Å². The largest absolute Gasteiger partial charge is 0.496 e. The predicted octanol–water partition coefficient (Wildman–Crippen LogP) is 16.3. The van der Waals surface area contributed by atoms with Gasteiger partial charge < -0.3 is 98.1 Å². The van der Waals surface area contributed by atoms with Gasteiger partial charge in [-0.2, -0.15) is 0 Å². The zero-order valence-electron chi connectivity index (χ0n) is 80.5. The molecule has 2 aliphatic heterocycles. The molecular weight excluding hydrogens is 1720 g/mol. The number of aryl methyl sites for hydroxylation is 5. The number of nitrogens with zero attached hydrogens (tertiary/aromatic N) is 6. The van der Waals surface area contributed by atoms with Crippen LogP contribution in [0.1, 0.15) is 211 Å². The molecule has 3 unspecified atom stereocenters. The fourth-order valence-electron chi connectivity index (χ4n) is 20.0. The molecule has 4 amide bonds. The maximum Gasteiger partial charge on any atom is 0.256 e. The van der Waals surface area contributed by atoms with Crippen molar-refractivity contribution in [3.8, 4) is 39.8 Å². The lowest BCUT2D eigenvalue weighted by Crippen LogP contribution is -2.43. The van der Waals surface area contributed by atoms with Crippen LogP contribution in [0.2, 0.25) is 0 Å². The number of anilines is 1. The molecule has 0 spiro atoms. The lowest BCUT2D eigenvalue weighted by molar-refractivity contribution is -0.104. The summed E-state index contributed by atoms with van der Waals surface area (Å²) in [5, 5.41) is 18.8. The molecule has 9 aromatic heterocycles. The van der Waals surface area contributed by atoms with Gasteiger partial charge in [-0.1, -0.05) is 105 Å². The van der Waals surface area contributed by atoms with Crippen molar-refractivity contribution in [2.24, 2.45) is 0 Å². The molecule has 3 fully saturated rings. The van der Waals surface area contributed by atoms with Gasteiger partial charge in [0.15, 0.2) is 0 Å². The Morgan fingerprint density at radius 1 is 0.463 bits per heavy atom. The van der Waals surface area contributed by atoms with Crippen LogP contribution in [-0.2, 0) is 48.5 Å². The molecule has 29 nitrogen and oxygen atoms in total. The molecule has 0 bridgehead atoms. The van der Waals surface area contributed by atoms with Crippen LogP contribution in [0, 0.1) is 55.4 Å². The van der Waals surface area contributed by atoms with E-state index in [-0.39, 0.29) is 90.2 Å². The first kappa shape index (κ1) is 96.5. The molecule has 11 heterocycles. The third kappa shape index (κ3) is 20.3. The van der Waals surface area contributed by atoms with Gasteiger partial charge in [-0.15, -0.1) is 0 Å². The molecule has 9 N–H and O–H groups in total. The van der Waals surface area contributed by atoms with Gasteiger partial charge in [0.1, 0.15) is 34.9 Å². The van der Waals surface area contributed by atoms with Crippen molar-refractivity contribution in [2.45, 2.75) is 191 Å². The number of aromatic amines is 4. The van der Waals surface area contributed by atoms with E-state index in [4.69, 9.17) is 33.4 Å². The molecule has 5 aromatic carbocycles. The number of hydrogen-bond donors (Lipinski definition) is 9. The minimum atomic E-state index is -0.274. The van der Waals surface area contributed by atoms with Gasteiger partial charge in [-0.25, -0.2) is 4.98 Å².